The third kappa shape index (κ3) is 2.11. The van der Waals surface area contributed by atoms with E-state index in [1.165, 1.54) is 18.2 Å². The fourth-order valence-electron chi connectivity index (χ4n) is 1.16. The van der Waals surface area contributed by atoms with E-state index in [9.17, 15) is 19.7 Å². The van der Waals surface area contributed by atoms with Crippen LogP contribution in [0.4, 0.5) is 5.69 Å². The molecule has 0 fully saturated rings. The van der Waals surface area contributed by atoms with Gasteiger partial charge in [0.25, 0.3) is 0 Å². The average Bonchev–Trinajstić information content (AvgIpc) is 2.27. The molecule has 0 aliphatic carbocycles. The molecular weight excluding hydrogens is 214 g/mol. The molecule has 0 saturated heterocycles. The predicted molar refractivity (Wildman–Crippen MR) is 54.3 cm³/mol. The third-order valence-corrected chi connectivity index (χ3v) is 1.76. The lowest BCUT2D eigenvalue weighted by Gasteiger charge is -2.03. The van der Waals surface area contributed by atoms with Gasteiger partial charge in [-0.25, -0.2) is 0 Å². The van der Waals surface area contributed by atoms with Crippen LogP contribution in [0.1, 0.15) is 10.4 Å². The van der Waals surface area contributed by atoms with Gasteiger partial charge >= 0.3 is 5.69 Å². The first-order chi connectivity index (χ1) is 7.61. The van der Waals surface area contributed by atoms with E-state index < -0.39 is 16.4 Å². The number of hydrogen-bond donors (Lipinski definition) is 0. The molecule has 0 heterocycles. The summed E-state index contributed by atoms with van der Waals surface area (Å²) in [5.41, 5.74) is -0.848. The number of benzene rings is 1. The number of rotatable bonds is 5. The topological polar surface area (TPSA) is 86.5 Å². The van der Waals surface area contributed by atoms with Crippen molar-refractivity contribution >= 4 is 17.8 Å². The summed E-state index contributed by atoms with van der Waals surface area (Å²) >= 11 is 0. The Balaban J connectivity index is 3.43. The van der Waals surface area contributed by atoms with Crippen LogP contribution in [-0.2, 0) is 4.79 Å². The first kappa shape index (κ1) is 11.6. The molecule has 0 aliphatic rings. The molecule has 0 aliphatic heterocycles. The molecule has 0 saturated carbocycles. The minimum atomic E-state index is -0.971. The van der Waals surface area contributed by atoms with E-state index in [1.807, 2.05) is 0 Å². The number of carbonyl (C=O) groups excluding carboxylic acids is 2. The Bertz CT molecular complexity index is 466. The van der Waals surface area contributed by atoms with Crippen molar-refractivity contribution in [2.24, 2.45) is 0 Å². The summed E-state index contributed by atoms with van der Waals surface area (Å²) < 4.78 is 4.79. The standard InChI is InChI=1S/C10H7NO5/c1-2-16-9-5-3-4-7(8(13)6-12)10(9)11(14)15/h2-6H,1H2. The molecule has 0 amide bonds. The second-order valence-electron chi connectivity index (χ2n) is 2.68. The third-order valence-electron chi connectivity index (χ3n) is 1.76. The van der Waals surface area contributed by atoms with Gasteiger partial charge in [-0.1, -0.05) is 12.6 Å². The number of nitrogens with zero attached hydrogens (tertiary/aromatic N) is 1. The molecule has 0 bridgehead atoms. The van der Waals surface area contributed by atoms with Gasteiger partial charge in [0.05, 0.1) is 11.2 Å². The Morgan fingerprint density at radius 1 is 1.50 bits per heavy atom. The van der Waals surface area contributed by atoms with E-state index >= 15 is 0 Å². The van der Waals surface area contributed by atoms with Crippen LogP contribution in [-0.4, -0.2) is 17.0 Å². The van der Waals surface area contributed by atoms with Crippen molar-refractivity contribution in [2.75, 3.05) is 0 Å². The second kappa shape index (κ2) is 4.83. The molecule has 0 radical (unpaired) electrons. The maximum atomic E-state index is 11.1. The fourth-order valence-corrected chi connectivity index (χ4v) is 1.16. The molecule has 1 aromatic rings. The lowest BCUT2D eigenvalue weighted by Crippen LogP contribution is -2.05. The van der Waals surface area contributed by atoms with Crippen LogP contribution in [0, 0.1) is 10.1 Å². The number of aldehydes is 1. The SMILES string of the molecule is C=COc1cccc(C(=O)C=O)c1[N+](=O)[O-]. The largest absolute Gasteiger partial charge is 0.458 e. The highest BCUT2D eigenvalue weighted by Gasteiger charge is 2.24. The molecule has 82 valence electrons. The Hall–Kier alpha value is -2.50. The van der Waals surface area contributed by atoms with Gasteiger partial charge in [-0.2, -0.15) is 0 Å². The van der Waals surface area contributed by atoms with Gasteiger partial charge in [0, 0.05) is 0 Å². The summed E-state index contributed by atoms with van der Waals surface area (Å²) in [5, 5.41) is 10.8. The van der Waals surface area contributed by atoms with E-state index in [0.717, 1.165) is 6.26 Å². The Labute approximate surface area is 90.3 Å². The van der Waals surface area contributed by atoms with Crippen molar-refractivity contribution in [1.82, 2.24) is 0 Å². The highest BCUT2D eigenvalue weighted by molar-refractivity contribution is 6.34. The van der Waals surface area contributed by atoms with Crippen LogP contribution in [0.15, 0.2) is 31.0 Å². The van der Waals surface area contributed by atoms with Crippen LogP contribution in [0.2, 0.25) is 0 Å². The monoisotopic (exact) mass is 221 g/mol. The van der Waals surface area contributed by atoms with E-state index in [-0.39, 0.29) is 17.6 Å². The molecule has 0 atom stereocenters. The van der Waals surface area contributed by atoms with E-state index in [1.54, 1.807) is 0 Å². The van der Waals surface area contributed by atoms with Gasteiger partial charge in [-0.05, 0) is 12.1 Å². The van der Waals surface area contributed by atoms with Crippen molar-refractivity contribution in [2.45, 2.75) is 0 Å². The van der Waals surface area contributed by atoms with Gasteiger partial charge in [0.1, 0.15) is 5.56 Å². The Morgan fingerprint density at radius 3 is 2.69 bits per heavy atom. The van der Waals surface area contributed by atoms with Crippen LogP contribution in [0.5, 0.6) is 5.75 Å². The molecule has 1 rings (SSSR count). The summed E-state index contributed by atoms with van der Waals surface area (Å²) in [6.45, 7) is 3.25. The normalized spacial score (nSPS) is 9.25. The number of ketones is 1. The molecule has 16 heavy (non-hydrogen) atoms. The molecular formula is C10H7NO5. The molecule has 0 N–H and O–H groups in total. The zero-order valence-electron chi connectivity index (χ0n) is 8.08. The number of nitro groups is 1. The van der Waals surface area contributed by atoms with Gasteiger partial charge in [-0.15, -0.1) is 0 Å². The zero-order valence-corrected chi connectivity index (χ0v) is 8.08. The highest BCUT2D eigenvalue weighted by Crippen LogP contribution is 2.30. The average molecular weight is 221 g/mol. The quantitative estimate of drug-likeness (QED) is 0.188. The van der Waals surface area contributed by atoms with Crippen molar-refractivity contribution in [3.8, 4) is 5.75 Å². The number of Topliss-reactive ketones (excluding diaryl/α,β-unsaturated/α-hetero) is 1. The smallest absolute Gasteiger partial charge is 0.322 e. The number of para-hydroxylation sites is 1. The first-order valence-corrected chi connectivity index (χ1v) is 4.16. The van der Waals surface area contributed by atoms with Gasteiger partial charge in [-0.3, -0.25) is 19.7 Å². The van der Waals surface area contributed by atoms with E-state index in [4.69, 9.17) is 4.74 Å². The van der Waals surface area contributed by atoms with Crippen LogP contribution < -0.4 is 4.74 Å². The number of nitro benzene ring substituents is 1. The summed E-state index contributed by atoms with van der Waals surface area (Å²) in [6.07, 6.45) is 1.01. The van der Waals surface area contributed by atoms with Crippen molar-refractivity contribution in [3.63, 3.8) is 0 Å². The van der Waals surface area contributed by atoms with Crippen LogP contribution in [0.25, 0.3) is 0 Å². The molecule has 6 nitrogen and oxygen atoms in total. The Kier molecular flexibility index (Phi) is 3.49. The molecule has 6 heteroatoms. The van der Waals surface area contributed by atoms with E-state index in [2.05, 4.69) is 6.58 Å². The molecule has 1 aromatic carbocycles. The minimum absolute atomic E-state index is 0.0139. The zero-order chi connectivity index (χ0) is 12.1. The van der Waals surface area contributed by atoms with Crippen molar-refractivity contribution in [1.29, 1.82) is 0 Å². The number of ether oxygens (including phenoxy) is 1. The lowest BCUT2D eigenvalue weighted by molar-refractivity contribution is -0.385. The lowest BCUT2D eigenvalue weighted by atomic mass is 10.1. The second-order valence-corrected chi connectivity index (χ2v) is 2.68. The van der Waals surface area contributed by atoms with Crippen molar-refractivity contribution in [3.05, 3.63) is 46.7 Å². The number of carbonyl (C=O) groups is 2. The molecule has 0 spiro atoms. The Morgan fingerprint density at radius 2 is 2.19 bits per heavy atom. The fraction of sp³-hybridized carbons (Fsp3) is 0. The summed E-state index contributed by atoms with van der Waals surface area (Å²) in [7, 11) is 0. The van der Waals surface area contributed by atoms with Crippen LogP contribution >= 0.6 is 0 Å². The van der Waals surface area contributed by atoms with Crippen molar-refractivity contribution < 1.29 is 19.2 Å². The number of hydrogen-bond acceptors (Lipinski definition) is 5. The first-order valence-electron chi connectivity index (χ1n) is 4.16. The van der Waals surface area contributed by atoms with Crippen LogP contribution in [0.3, 0.4) is 0 Å². The van der Waals surface area contributed by atoms with Gasteiger partial charge in [0.15, 0.2) is 6.29 Å². The summed E-state index contributed by atoms with van der Waals surface area (Å²) in [5.74, 6) is -1.10. The molecule has 0 unspecified atom stereocenters. The maximum Gasteiger partial charge on any atom is 0.322 e. The van der Waals surface area contributed by atoms with Gasteiger partial charge in [0.2, 0.25) is 11.5 Å². The van der Waals surface area contributed by atoms with E-state index in [0.29, 0.717) is 0 Å². The summed E-state index contributed by atoms with van der Waals surface area (Å²) in [4.78, 5) is 31.4. The minimum Gasteiger partial charge on any atom is -0.458 e. The predicted octanol–water partition coefficient (Wildman–Crippen LogP) is 1.50. The maximum absolute atomic E-state index is 11.1. The van der Waals surface area contributed by atoms with Gasteiger partial charge < -0.3 is 4.74 Å². The molecule has 0 aromatic heterocycles. The highest BCUT2D eigenvalue weighted by atomic mass is 16.6. The summed E-state index contributed by atoms with van der Waals surface area (Å²) in [6, 6.07) is 3.87.